The second-order valence-corrected chi connectivity index (χ2v) is 3.66. The zero-order valence-corrected chi connectivity index (χ0v) is 9.75. The van der Waals surface area contributed by atoms with E-state index in [4.69, 9.17) is 9.47 Å². The molecule has 3 heteroatoms. The van der Waals surface area contributed by atoms with E-state index in [-0.39, 0.29) is 6.61 Å². The number of hydrogen-bond donors (Lipinski definition) is 1. The average Bonchev–Trinajstić information content (AvgIpc) is 2.10. The molecule has 0 bridgehead atoms. The van der Waals surface area contributed by atoms with Crippen molar-refractivity contribution >= 4 is 0 Å². The highest BCUT2D eigenvalue weighted by molar-refractivity contribution is 5.02. The molecule has 0 aromatic heterocycles. The van der Waals surface area contributed by atoms with Crippen LogP contribution in [-0.2, 0) is 9.47 Å². The summed E-state index contributed by atoms with van der Waals surface area (Å²) in [5.41, 5.74) is 0.631. The Kier molecular flexibility index (Phi) is 5.79. The summed E-state index contributed by atoms with van der Waals surface area (Å²) >= 11 is 0. The maximum atomic E-state index is 9.77. The van der Waals surface area contributed by atoms with E-state index in [1.54, 1.807) is 20.8 Å². The van der Waals surface area contributed by atoms with Gasteiger partial charge in [-0.05, 0) is 26.3 Å². The lowest BCUT2D eigenvalue weighted by Crippen LogP contribution is -2.33. The van der Waals surface area contributed by atoms with Crippen molar-refractivity contribution < 1.29 is 14.6 Å². The molecule has 0 saturated heterocycles. The lowest BCUT2D eigenvalue weighted by Gasteiger charge is -2.24. The number of aliphatic hydroxyl groups excluding tert-OH is 1. The lowest BCUT2D eigenvalue weighted by molar-refractivity contribution is -0.0251. The molecule has 2 atom stereocenters. The summed E-state index contributed by atoms with van der Waals surface area (Å²) in [5.74, 6) is 1.12. The Labute approximate surface area is 91.7 Å². The summed E-state index contributed by atoms with van der Waals surface area (Å²) in [6.07, 6.45) is -1.25. The molecule has 0 saturated carbocycles. The Morgan fingerprint density at radius 1 is 1.13 bits per heavy atom. The fraction of sp³-hybridized carbons (Fsp3) is 0.500. The normalized spacial score (nSPS) is 13.9. The van der Waals surface area contributed by atoms with Gasteiger partial charge in [-0.1, -0.05) is 19.7 Å². The van der Waals surface area contributed by atoms with E-state index >= 15 is 0 Å². The molecule has 0 aliphatic heterocycles. The predicted molar refractivity (Wildman–Crippen MR) is 61.3 cm³/mol. The summed E-state index contributed by atoms with van der Waals surface area (Å²) in [5, 5.41) is 9.77. The minimum Gasteiger partial charge on any atom is -0.495 e. The first kappa shape index (κ1) is 13.8. The number of aliphatic hydroxyl groups is 1. The van der Waals surface area contributed by atoms with Crippen LogP contribution in [0.3, 0.4) is 0 Å². The van der Waals surface area contributed by atoms with Gasteiger partial charge in [0.1, 0.15) is 12.7 Å². The largest absolute Gasteiger partial charge is 0.495 e. The van der Waals surface area contributed by atoms with Gasteiger partial charge in [-0.3, -0.25) is 0 Å². The average molecular weight is 212 g/mol. The third-order valence-electron chi connectivity index (χ3n) is 1.70. The molecule has 0 aliphatic rings. The van der Waals surface area contributed by atoms with Crippen LogP contribution in [-0.4, -0.2) is 23.9 Å². The van der Waals surface area contributed by atoms with Crippen LogP contribution in [0.4, 0.5) is 0 Å². The van der Waals surface area contributed by atoms with Crippen LogP contribution in [0.5, 0.6) is 0 Å². The smallest absolute Gasteiger partial charge is 0.161 e. The van der Waals surface area contributed by atoms with Crippen LogP contribution >= 0.6 is 0 Å². The minimum absolute atomic E-state index is 0.232. The third kappa shape index (κ3) is 5.96. The maximum Gasteiger partial charge on any atom is 0.161 e. The molecule has 0 radical (unpaired) electrons. The van der Waals surface area contributed by atoms with E-state index in [1.807, 2.05) is 0 Å². The molecule has 1 N–H and O–H groups in total. The van der Waals surface area contributed by atoms with Gasteiger partial charge in [0, 0.05) is 0 Å². The summed E-state index contributed by atoms with van der Waals surface area (Å²) in [4.78, 5) is 0. The van der Waals surface area contributed by atoms with E-state index in [2.05, 4.69) is 19.7 Å². The Morgan fingerprint density at radius 2 is 1.67 bits per heavy atom. The van der Waals surface area contributed by atoms with E-state index in [0.717, 1.165) is 0 Å². The zero-order valence-electron chi connectivity index (χ0n) is 9.75. The van der Waals surface area contributed by atoms with E-state index in [1.165, 1.54) is 0 Å². The standard InChI is InChI=1S/C12H20O3/c1-8(2)12(13)11(15-10(5)6)7-14-9(3)4/h11-13H,1,3,5,7H2,2,4,6H3. The maximum absolute atomic E-state index is 9.77. The first-order valence-electron chi connectivity index (χ1n) is 4.78. The van der Waals surface area contributed by atoms with E-state index in [0.29, 0.717) is 17.1 Å². The number of ether oxygens (including phenoxy) is 2. The molecule has 0 rings (SSSR count). The van der Waals surface area contributed by atoms with Crippen LogP contribution in [0.15, 0.2) is 36.8 Å². The summed E-state index contributed by atoms with van der Waals surface area (Å²) in [6.45, 7) is 16.3. The highest BCUT2D eigenvalue weighted by Gasteiger charge is 2.22. The van der Waals surface area contributed by atoms with Gasteiger partial charge in [-0.15, -0.1) is 0 Å². The lowest BCUT2D eigenvalue weighted by atomic mass is 10.1. The molecule has 0 aliphatic carbocycles. The van der Waals surface area contributed by atoms with Gasteiger partial charge >= 0.3 is 0 Å². The Hall–Kier alpha value is -1.22. The van der Waals surface area contributed by atoms with Crippen LogP contribution in [0, 0.1) is 0 Å². The third-order valence-corrected chi connectivity index (χ3v) is 1.70. The van der Waals surface area contributed by atoms with Crippen molar-refractivity contribution in [2.75, 3.05) is 6.61 Å². The number of rotatable bonds is 7. The number of allylic oxidation sites excluding steroid dienone is 2. The predicted octanol–water partition coefficient (Wildman–Crippen LogP) is 2.39. The van der Waals surface area contributed by atoms with Crippen molar-refractivity contribution in [2.24, 2.45) is 0 Å². The molecule has 15 heavy (non-hydrogen) atoms. The first-order chi connectivity index (χ1) is 6.84. The van der Waals surface area contributed by atoms with Gasteiger partial charge in [-0.25, -0.2) is 0 Å². The van der Waals surface area contributed by atoms with Crippen molar-refractivity contribution in [1.29, 1.82) is 0 Å². The van der Waals surface area contributed by atoms with Gasteiger partial charge in [0.05, 0.1) is 11.5 Å². The Bertz CT molecular complexity index is 256. The molecular formula is C12H20O3. The fourth-order valence-electron chi connectivity index (χ4n) is 0.990. The van der Waals surface area contributed by atoms with Crippen molar-refractivity contribution in [1.82, 2.24) is 0 Å². The van der Waals surface area contributed by atoms with E-state index < -0.39 is 12.2 Å². The highest BCUT2D eigenvalue weighted by Crippen LogP contribution is 2.12. The van der Waals surface area contributed by atoms with Crippen LogP contribution in [0.2, 0.25) is 0 Å². The second-order valence-electron chi connectivity index (χ2n) is 3.66. The summed E-state index contributed by atoms with van der Waals surface area (Å²) in [6, 6.07) is 0. The Morgan fingerprint density at radius 3 is 2.00 bits per heavy atom. The zero-order chi connectivity index (χ0) is 12.0. The second kappa shape index (κ2) is 6.30. The van der Waals surface area contributed by atoms with Gasteiger partial charge in [0.25, 0.3) is 0 Å². The van der Waals surface area contributed by atoms with Crippen molar-refractivity contribution in [2.45, 2.75) is 33.0 Å². The van der Waals surface area contributed by atoms with Crippen LogP contribution in [0.25, 0.3) is 0 Å². The molecule has 0 amide bonds. The van der Waals surface area contributed by atoms with Crippen molar-refractivity contribution in [3.8, 4) is 0 Å². The van der Waals surface area contributed by atoms with Gasteiger partial charge < -0.3 is 14.6 Å². The number of hydrogen-bond acceptors (Lipinski definition) is 3. The molecule has 86 valence electrons. The quantitative estimate of drug-likeness (QED) is 0.520. The molecule has 0 aromatic rings. The van der Waals surface area contributed by atoms with Crippen molar-refractivity contribution in [3.05, 3.63) is 36.8 Å². The Balaban J connectivity index is 4.36. The summed E-state index contributed by atoms with van der Waals surface area (Å²) < 4.78 is 10.6. The monoisotopic (exact) mass is 212 g/mol. The van der Waals surface area contributed by atoms with Crippen LogP contribution < -0.4 is 0 Å². The SMILES string of the molecule is C=C(C)OCC(OC(=C)C)C(O)C(=C)C. The first-order valence-corrected chi connectivity index (χ1v) is 4.78. The van der Waals surface area contributed by atoms with Gasteiger partial charge in [0.15, 0.2) is 6.10 Å². The molecule has 3 nitrogen and oxygen atoms in total. The molecule has 0 fully saturated rings. The fourth-order valence-corrected chi connectivity index (χ4v) is 0.990. The van der Waals surface area contributed by atoms with Gasteiger partial charge in [-0.2, -0.15) is 0 Å². The molecule has 2 unspecified atom stereocenters. The van der Waals surface area contributed by atoms with Crippen LogP contribution in [0.1, 0.15) is 20.8 Å². The molecule has 0 aromatic carbocycles. The van der Waals surface area contributed by atoms with E-state index in [9.17, 15) is 5.11 Å². The molecule has 0 heterocycles. The molecular weight excluding hydrogens is 192 g/mol. The topological polar surface area (TPSA) is 38.7 Å². The highest BCUT2D eigenvalue weighted by atomic mass is 16.5. The van der Waals surface area contributed by atoms with Gasteiger partial charge in [0.2, 0.25) is 0 Å². The van der Waals surface area contributed by atoms with Crippen molar-refractivity contribution in [3.63, 3.8) is 0 Å². The molecule has 0 spiro atoms. The minimum atomic E-state index is -0.763. The summed E-state index contributed by atoms with van der Waals surface area (Å²) in [7, 11) is 0.